The highest BCUT2D eigenvalue weighted by Crippen LogP contribution is 2.22. The largest absolute Gasteiger partial charge is 0.379 e. The van der Waals surface area contributed by atoms with Gasteiger partial charge >= 0.3 is 0 Å². The lowest BCUT2D eigenvalue weighted by molar-refractivity contribution is 0.0376. The fraction of sp³-hybridized carbons (Fsp3) is 0.667. The van der Waals surface area contributed by atoms with E-state index in [1.54, 1.807) is 6.07 Å². The van der Waals surface area contributed by atoms with E-state index in [0.717, 1.165) is 77.0 Å². The van der Waals surface area contributed by atoms with Crippen LogP contribution >= 0.6 is 24.0 Å². The number of anilines is 1. The lowest BCUT2D eigenvalue weighted by Crippen LogP contribution is -2.40. The van der Waals surface area contributed by atoms with Crippen molar-refractivity contribution in [1.82, 2.24) is 15.5 Å². The Morgan fingerprint density at radius 1 is 1.07 bits per heavy atom. The summed E-state index contributed by atoms with van der Waals surface area (Å²) < 4.78 is 25.3. The van der Waals surface area contributed by atoms with Gasteiger partial charge in [0.15, 0.2) is 5.96 Å². The Labute approximate surface area is 196 Å². The number of ether oxygens (including phenoxy) is 2. The summed E-state index contributed by atoms with van der Waals surface area (Å²) in [7, 11) is 0. The predicted molar refractivity (Wildman–Crippen MR) is 130 cm³/mol. The Morgan fingerprint density at radius 3 is 2.43 bits per heavy atom. The first-order valence-corrected chi connectivity index (χ1v) is 10.7. The highest BCUT2D eigenvalue weighted by atomic mass is 127. The minimum absolute atomic E-state index is 0. The highest BCUT2D eigenvalue weighted by Gasteiger charge is 2.15. The molecule has 2 aliphatic heterocycles. The van der Waals surface area contributed by atoms with Crippen LogP contribution in [0.5, 0.6) is 0 Å². The van der Waals surface area contributed by atoms with Crippen LogP contribution in [0.3, 0.4) is 0 Å². The van der Waals surface area contributed by atoms with E-state index in [-0.39, 0.29) is 29.8 Å². The van der Waals surface area contributed by atoms with E-state index in [1.165, 1.54) is 0 Å². The predicted octanol–water partition coefficient (Wildman–Crippen LogP) is 2.06. The van der Waals surface area contributed by atoms with Crippen molar-refractivity contribution < 1.29 is 13.9 Å². The van der Waals surface area contributed by atoms with Gasteiger partial charge in [0.2, 0.25) is 0 Å². The van der Waals surface area contributed by atoms with Crippen LogP contribution in [0.2, 0.25) is 0 Å². The number of halogens is 2. The Balaban J connectivity index is 0.00000320. The number of nitrogens with one attached hydrogen (secondary N) is 2. The molecule has 1 aromatic carbocycles. The van der Waals surface area contributed by atoms with Gasteiger partial charge in [-0.05, 0) is 37.6 Å². The van der Waals surface area contributed by atoms with E-state index in [1.807, 2.05) is 24.0 Å². The van der Waals surface area contributed by atoms with Crippen LogP contribution < -0.4 is 15.5 Å². The Kier molecular flexibility index (Phi) is 11.7. The fourth-order valence-electron chi connectivity index (χ4n) is 3.56. The quantitative estimate of drug-likeness (QED) is 0.230. The number of morpholine rings is 2. The maximum absolute atomic E-state index is 14.6. The third-order valence-corrected chi connectivity index (χ3v) is 5.18. The molecule has 0 bridgehead atoms. The zero-order valence-electron chi connectivity index (χ0n) is 17.9. The summed E-state index contributed by atoms with van der Waals surface area (Å²) in [5.74, 6) is 0.579. The fourth-order valence-corrected chi connectivity index (χ4v) is 3.56. The smallest absolute Gasteiger partial charge is 0.191 e. The molecule has 2 N–H and O–H groups in total. The molecule has 0 unspecified atom stereocenters. The van der Waals surface area contributed by atoms with Crippen LogP contribution in [0.15, 0.2) is 23.2 Å². The Morgan fingerprint density at radius 2 is 1.77 bits per heavy atom. The number of hydrogen-bond donors (Lipinski definition) is 2. The van der Waals surface area contributed by atoms with Crippen LogP contribution in [0, 0.1) is 5.82 Å². The average Bonchev–Trinajstić information content (AvgIpc) is 2.76. The van der Waals surface area contributed by atoms with Crippen LogP contribution in [-0.2, 0) is 16.0 Å². The molecule has 2 saturated heterocycles. The summed E-state index contributed by atoms with van der Waals surface area (Å²) in [6.45, 7) is 11.6. The molecule has 7 nitrogen and oxygen atoms in total. The molecule has 30 heavy (non-hydrogen) atoms. The van der Waals surface area contributed by atoms with Crippen molar-refractivity contribution in [2.75, 3.05) is 77.1 Å². The van der Waals surface area contributed by atoms with E-state index in [4.69, 9.17) is 9.47 Å². The number of hydrogen-bond acceptors (Lipinski definition) is 5. The zero-order valence-corrected chi connectivity index (χ0v) is 20.2. The molecule has 2 fully saturated rings. The molecule has 0 amide bonds. The van der Waals surface area contributed by atoms with Gasteiger partial charge < -0.3 is 25.0 Å². The summed E-state index contributed by atoms with van der Waals surface area (Å²) in [6, 6.07) is 5.41. The van der Waals surface area contributed by atoms with Gasteiger partial charge in [0, 0.05) is 39.3 Å². The minimum Gasteiger partial charge on any atom is -0.379 e. The molecule has 0 spiro atoms. The van der Waals surface area contributed by atoms with Gasteiger partial charge in [0.05, 0.1) is 38.7 Å². The van der Waals surface area contributed by atoms with Gasteiger partial charge in [0.1, 0.15) is 5.82 Å². The normalized spacial score (nSPS) is 18.1. The summed E-state index contributed by atoms with van der Waals surface area (Å²) >= 11 is 0. The maximum atomic E-state index is 14.6. The molecule has 0 atom stereocenters. The molecule has 2 heterocycles. The molecule has 0 radical (unpaired) electrons. The molecule has 3 rings (SSSR count). The number of nitrogens with zero attached hydrogens (tertiary/aromatic N) is 3. The Bertz CT molecular complexity index is 652. The van der Waals surface area contributed by atoms with Gasteiger partial charge in [-0.15, -0.1) is 24.0 Å². The maximum Gasteiger partial charge on any atom is 0.191 e. The van der Waals surface area contributed by atoms with E-state index in [0.29, 0.717) is 25.4 Å². The van der Waals surface area contributed by atoms with Gasteiger partial charge in [-0.2, -0.15) is 0 Å². The number of guanidine groups is 1. The third-order valence-electron chi connectivity index (χ3n) is 5.18. The van der Waals surface area contributed by atoms with Gasteiger partial charge in [-0.3, -0.25) is 4.90 Å². The van der Waals surface area contributed by atoms with Crippen molar-refractivity contribution in [3.63, 3.8) is 0 Å². The molecular formula is C21H35FIN5O2. The summed E-state index contributed by atoms with van der Waals surface area (Å²) in [5.41, 5.74) is 1.51. The molecule has 2 aliphatic rings. The first kappa shape index (κ1) is 25.1. The number of aliphatic imine (C=N–C) groups is 1. The van der Waals surface area contributed by atoms with E-state index in [2.05, 4.69) is 20.5 Å². The van der Waals surface area contributed by atoms with Crippen molar-refractivity contribution >= 4 is 35.6 Å². The van der Waals surface area contributed by atoms with Gasteiger partial charge in [0.25, 0.3) is 0 Å². The first-order valence-electron chi connectivity index (χ1n) is 10.7. The second-order valence-corrected chi connectivity index (χ2v) is 7.31. The summed E-state index contributed by atoms with van der Waals surface area (Å²) in [5, 5.41) is 6.63. The molecule has 1 aromatic rings. The SMILES string of the molecule is CCNC(=NCc1ccc(N2CCOCC2)c(F)c1)NCCCN1CCOCC1.I. The van der Waals surface area contributed by atoms with Crippen molar-refractivity contribution in [3.8, 4) is 0 Å². The first-order chi connectivity index (χ1) is 14.3. The topological polar surface area (TPSA) is 61.4 Å². The second-order valence-electron chi connectivity index (χ2n) is 7.31. The number of benzene rings is 1. The van der Waals surface area contributed by atoms with E-state index < -0.39 is 0 Å². The van der Waals surface area contributed by atoms with Crippen molar-refractivity contribution in [3.05, 3.63) is 29.6 Å². The summed E-state index contributed by atoms with van der Waals surface area (Å²) in [4.78, 5) is 9.07. The van der Waals surface area contributed by atoms with Crippen LogP contribution in [-0.4, -0.2) is 83.1 Å². The van der Waals surface area contributed by atoms with E-state index in [9.17, 15) is 4.39 Å². The van der Waals surface area contributed by atoms with Crippen LogP contribution in [0.1, 0.15) is 18.9 Å². The lowest BCUT2D eigenvalue weighted by atomic mass is 10.1. The van der Waals surface area contributed by atoms with Crippen molar-refractivity contribution in [2.24, 2.45) is 4.99 Å². The molecule has 0 aliphatic carbocycles. The zero-order chi connectivity index (χ0) is 20.3. The number of rotatable bonds is 8. The monoisotopic (exact) mass is 535 g/mol. The lowest BCUT2D eigenvalue weighted by Gasteiger charge is -2.29. The third kappa shape index (κ3) is 8.16. The van der Waals surface area contributed by atoms with Crippen LogP contribution in [0.4, 0.5) is 10.1 Å². The van der Waals surface area contributed by atoms with E-state index >= 15 is 0 Å². The second kappa shape index (κ2) is 14.0. The summed E-state index contributed by atoms with van der Waals surface area (Å²) in [6.07, 6.45) is 1.05. The molecule has 9 heteroatoms. The molecular weight excluding hydrogens is 500 g/mol. The minimum atomic E-state index is -0.192. The van der Waals surface area contributed by atoms with Crippen LogP contribution in [0.25, 0.3) is 0 Å². The average molecular weight is 535 g/mol. The standard InChI is InChI=1S/C21H34FN5O2.HI/c1-2-23-21(24-6-3-7-26-8-12-28-13-9-26)25-17-18-4-5-20(19(22)16-18)27-10-14-29-15-11-27;/h4-5,16H,2-3,6-15,17H2,1H3,(H2,23,24,25);1H. The highest BCUT2D eigenvalue weighted by molar-refractivity contribution is 14.0. The molecule has 0 aromatic heterocycles. The molecule has 0 saturated carbocycles. The van der Waals surface area contributed by atoms with Gasteiger partial charge in [-0.25, -0.2) is 9.38 Å². The Hall–Kier alpha value is -1.17. The molecule has 170 valence electrons. The van der Waals surface area contributed by atoms with Gasteiger partial charge in [-0.1, -0.05) is 6.07 Å². The van der Waals surface area contributed by atoms with Crippen molar-refractivity contribution in [1.29, 1.82) is 0 Å². The van der Waals surface area contributed by atoms with Crippen molar-refractivity contribution in [2.45, 2.75) is 19.9 Å².